The molecule has 0 radical (unpaired) electrons. The molecule has 2 aromatic carbocycles. The number of nitrogens with one attached hydrogen (secondary N) is 2. The maximum Gasteiger partial charge on any atom is 0.250 e. The fourth-order valence-corrected chi connectivity index (χ4v) is 5.10. The summed E-state index contributed by atoms with van der Waals surface area (Å²) in [6.07, 6.45) is 5.32. The Hall–Kier alpha value is -3.59. The summed E-state index contributed by atoms with van der Waals surface area (Å²) >= 11 is 0. The number of aromatic nitrogens is 1. The summed E-state index contributed by atoms with van der Waals surface area (Å²) in [5, 5.41) is 2.65. The fourth-order valence-electron chi connectivity index (χ4n) is 4.08. The Balaban J connectivity index is 1.25. The summed E-state index contributed by atoms with van der Waals surface area (Å²) in [4.78, 5) is 26.4. The molecule has 8 nitrogen and oxygen atoms in total. The van der Waals surface area contributed by atoms with Gasteiger partial charge in [-0.3, -0.25) is 14.3 Å². The fraction of sp³-hybridized carbons (Fsp3) is 0.308. The smallest absolute Gasteiger partial charge is 0.250 e. The van der Waals surface area contributed by atoms with E-state index in [1.807, 2.05) is 36.4 Å². The second-order valence-electron chi connectivity index (χ2n) is 8.72. The Labute approximate surface area is 205 Å². The van der Waals surface area contributed by atoms with Crippen molar-refractivity contribution in [2.24, 2.45) is 0 Å². The van der Waals surface area contributed by atoms with E-state index in [-0.39, 0.29) is 12.1 Å². The monoisotopic (exact) mass is 494 g/mol. The number of anilines is 2. The number of amides is 1. The molecule has 9 heteroatoms. The Morgan fingerprint density at radius 2 is 1.54 bits per heavy atom. The minimum atomic E-state index is -3.83. The van der Waals surface area contributed by atoms with Crippen molar-refractivity contribution < 1.29 is 13.2 Å². The molecule has 0 atom stereocenters. The average molecular weight is 495 g/mol. The van der Waals surface area contributed by atoms with Gasteiger partial charge in [-0.2, -0.15) is 0 Å². The number of rotatable bonds is 9. The van der Waals surface area contributed by atoms with Crippen molar-refractivity contribution in [1.82, 2.24) is 9.88 Å². The number of benzene rings is 2. The van der Waals surface area contributed by atoms with Crippen LogP contribution in [0.25, 0.3) is 0 Å². The quantitative estimate of drug-likeness (QED) is 0.476. The third-order valence-electron chi connectivity index (χ3n) is 5.95. The molecule has 1 amide bonds. The maximum atomic E-state index is 12.4. The van der Waals surface area contributed by atoms with Crippen LogP contribution in [0.1, 0.15) is 30.4 Å². The van der Waals surface area contributed by atoms with Crippen LogP contribution in [0.2, 0.25) is 0 Å². The van der Waals surface area contributed by atoms with E-state index in [1.165, 1.54) is 25.3 Å². The van der Waals surface area contributed by atoms with Gasteiger partial charge >= 0.3 is 0 Å². The van der Waals surface area contributed by atoms with Crippen molar-refractivity contribution in [2.45, 2.75) is 32.4 Å². The zero-order valence-corrected chi connectivity index (χ0v) is 20.3. The van der Waals surface area contributed by atoms with E-state index in [4.69, 9.17) is 0 Å². The lowest BCUT2D eigenvalue weighted by molar-refractivity contribution is -0.118. The number of pyridine rings is 1. The summed E-state index contributed by atoms with van der Waals surface area (Å²) in [5.74, 6) is -1.24. The zero-order valence-electron chi connectivity index (χ0n) is 19.5. The lowest BCUT2D eigenvalue weighted by Crippen LogP contribution is -2.32. The van der Waals surface area contributed by atoms with E-state index in [0.29, 0.717) is 12.2 Å². The van der Waals surface area contributed by atoms with Crippen LogP contribution in [0, 0.1) is 0 Å². The molecule has 1 aliphatic rings. The van der Waals surface area contributed by atoms with Gasteiger partial charge < -0.3 is 14.8 Å². The first-order chi connectivity index (χ1) is 16.9. The van der Waals surface area contributed by atoms with E-state index < -0.39 is 21.7 Å². The number of sulfonamides is 1. The van der Waals surface area contributed by atoms with Gasteiger partial charge in [-0.1, -0.05) is 30.3 Å². The SMILES string of the molecule is O=C(CS(=O)(=O)Nc1ccc(N2CCCCC2)cc1)NCc1ccc(Cn2ccccc2=O)cc1. The summed E-state index contributed by atoms with van der Waals surface area (Å²) in [7, 11) is -3.83. The molecule has 184 valence electrons. The van der Waals surface area contributed by atoms with Crippen molar-refractivity contribution in [3.8, 4) is 0 Å². The summed E-state index contributed by atoms with van der Waals surface area (Å²) in [6.45, 7) is 2.70. The lowest BCUT2D eigenvalue weighted by atomic mass is 10.1. The molecule has 0 aliphatic carbocycles. The van der Waals surface area contributed by atoms with Gasteiger partial charge in [-0.05, 0) is 60.7 Å². The van der Waals surface area contributed by atoms with E-state index in [0.717, 1.165) is 29.9 Å². The number of carbonyl (C=O) groups is 1. The minimum Gasteiger partial charge on any atom is -0.372 e. The highest BCUT2D eigenvalue weighted by atomic mass is 32.2. The van der Waals surface area contributed by atoms with Gasteiger partial charge in [0.1, 0.15) is 5.75 Å². The van der Waals surface area contributed by atoms with Gasteiger partial charge in [-0.15, -0.1) is 0 Å². The number of hydrogen-bond donors (Lipinski definition) is 2. The molecule has 0 saturated carbocycles. The topological polar surface area (TPSA) is 101 Å². The van der Waals surface area contributed by atoms with Crippen molar-refractivity contribution in [1.29, 1.82) is 0 Å². The lowest BCUT2D eigenvalue weighted by Gasteiger charge is -2.28. The molecule has 0 unspecified atom stereocenters. The van der Waals surface area contributed by atoms with Crippen LogP contribution < -0.4 is 20.5 Å². The molecule has 1 aromatic heterocycles. The number of hydrogen-bond acceptors (Lipinski definition) is 5. The van der Waals surface area contributed by atoms with Gasteiger partial charge in [0.05, 0.1) is 6.54 Å². The Morgan fingerprint density at radius 1 is 0.857 bits per heavy atom. The molecule has 3 aromatic rings. The molecule has 4 rings (SSSR count). The molecule has 0 spiro atoms. The van der Waals surface area contributed by atoms with Crippen LogP contribution in [0.3, 0.4) is 0 Å². The summed E-state index contributed by atoms with van der Waals surface area (Å²) in [5.41, 5.74) is 3.23. The van der Waals surface area contributed by atoms with Gasteiger partial charge in [0.2, 0.25) is 15.9 Å². The maximum absolute atomic E-state index is 12.4. The largest absolute Gasteiger partial charge is 0.372 e. The Morgan fingerprint density at radius 3 is 2.23 bits per heavy atom. The van der Waals surface area contributed by atoms with E-state index in [2.05, 4.69) is 14.9 Å². The normalized spacial score (nSPS) is 13.9. The van der Waals surface area contributed by atoms with E-state index >= 15 is 0 Å². The van der Waals surface area contributed by atoms with Crippen LogP contribution in [0.5, 0.6) is 0 Å². The minimum absolute atomic E-state index is 0.0726. The highest BCUT2D eigenvalue weighted by Crippen LogP contribution is 2.22. The second-order valence-corrected chi connectivity index (χ2v) is 10.4. The zero-order chi connectivity index (χ0) is 24.7. The van der Waals surface area contributed by atoms with Gasteiger partial charge in [0, 0.05) is 43.3 Å². The molecule has 1 aliphatic heterocycles. The average Bonchev–Trinajstić information content (AvgIpc) is 2.85. The highest BCUT2D eigenvalue weighted by Gasteiger charge is 2.17. The molecular weight excluding hydrogens is 464 g/mol. The third kappa shape index (κ3) is 7.19. The molecule has 0 bridgehead atoms. The molecule has 35 heavy (non-hydrogen) atoms. The number of nitrogens with zero attached hydrogens (tertiary/aromatic N) is 2. The molecular formula is C26H30N4O4S. The van der Waals surface area contributed by atoms with Gasteiger partial charge in [0.25, 0.3) is 5.56 Å². The van der Waals surface area contributed by atoms with Crippen molar-refractivity contribution >= 4 is 27.3 Å². The molecule has 1 fully saturated rings. The molecule has 1 saturated heterocycles. The van der Waals surface area contributed by atoms with Crippen LogP contribution in [0.15, 0.2) is 77.7 Å². The van der Waals surface area contributed by atoms with Gasteiger partial charge in [-0.25, -0.2) is 8.42 Å². The predicted molar refractivity (Wildman–Crippen MR) is 138 cm³/mol. The highest BCUT2D eigenvalue weighted by molar-refractivity contribution is 7.93. The second kappa shape index (κ2) is 11.2. The Bertz CT molecular complexity index is 1300. The van der Waals surface area contributed by atoms with Gasteiger partial charge in [0.15, 0.2) is 0 Å². The number of carbonyl (C=O) groups excluding carboxylic acids is 1. The van der Waals surface area contributed by atoms with E-state index in [9.17, 15) is 18.0 Å². The van der Waals surface area contributed by atoms with Crippen LogP contribution >= 0.6 is 0 Å². The molecule has 2 N–H and O–H groups in total. The summed E-state index contributed by atoms with van der Waals surface area (Å²) < 4.78 is 29.0. The standard InChI is InChI=1S/C26H30N4O4S/c31-25(27-18-21-7-9-22(10-8-21)19-30-17-5-2-6-26(30)32)20-35(33,34)28-23-11-13-24(14-12-23)29-15-3-1-4-16-29/h2,5-14,17,28H,1,3-4,15-16,18-20H2,(H,27,31). The summed E-state index contributed by atoms with van der Waals surface area (Å²) in [6, 6.07) is 19.7. The van der Waals surface area contributed by atoms with Crippen LogP contribution in [-0.4, -0.2) is 37.7 Å². The number of piperidine rings is 1. The van der Waals surface area contributed by atoms with Crippen LogP contribution in [0.4, 0.5) is 11.4 Å². The first kappa shape index (κ1) is 24.5. The van der Waals surface area contributed by atoms with Crippen molar-refractivity contribution in [3.63, 3.8) is 0 Å². The predicted octanol–water partition coefficient (Wildman–Crippen LogP) is 2.95. The van der Waals surface area contributed by atoms with Crippen molar-refractivity contribution in [2.75, 3.05) is 28.5 Å². The third-order valence-corrected chi connectivity index (χ3v) is 7.14. The van der Waals surface area contributed by atoms with Crippen LogP contribution in [-0.2, 0) is 27.9 Å². The first-order valence-corrected chi connectivity index (χ1v) is 13.4. The Kier molecular flexibility index (Phi) is 7.87. The first-order valence-electron chi connectivity index (χ1n) is 11.7. The van der Waals surface area contributed by atoms with Crippen molar-refractivity contribution in [3.05, 3.63) is 94.4 Å². The van der Waals surface area contributed by atoms with E-state index in [1.54, 1.807) is 35.0 Å². The molecule has 2 heterocycles.